The number of thioether (sulfide) groups is 1. The van der Waals surface area contributed by atoms with E-state index in [4.69, 9.17) is 0 Å². The van der Waals surface area contributed by atoms with Crippen LogP contribution in [0, 0.1) is 0 Å². The highest BCUT2D eigenvalue weighted by Crippen LogP contribution is 2.19. The largest absolute Gasteiger partial charge is 0.435 e. The summed E-state index contributed by atoms with van der Waals surface area (Å²) in [4.78, 5) is 4.15. The van der Waals surface area contributed by atoms with Crippen molar-refractivity contribution in [1.29, 1.82) is 0 Å². The summed E-state index contributed by atoms with van der Waals surface area (Å²) < 4.78 is 28.9. The van der Waals surface area contributed by atoms with E-state index in [0.29, 0.717) is 12.5 Å². The molecule has 0 saturated carbocycles. The Morgan fingerprint density at radius 3 is 2.68 bits per heavy atom. The Bertz CT molecular complexity index is 495. The molecule has 0 amide bonds. The highest BCUT2D eigenvalue weighted by Gasteiger charge is 2.16. The molecule has 22 heavy (non-hydrogen) atoms. The van der Waals surface area contributed by atoms with Crippen LogP contribution in [0.5, 0.6) is 5.75 Å². The number of benzene rings is 1. The molecule has 124 valence electrons. The van der Waals surface area contributed by atoms with Crippen LogP contribution < -0.4 is 15.4 Å². The highest BCUT2D eigenvalue weighted by atomic mass is 32.2. The molecule has 1 rings (SSSR count). The Balaban J connectivity index is 2.53. The normalized spacial score (nSPS) is 12.4. The van der Waals surface area contributed by atoms with Gasteiger partial charge in [-0.2, -0.15) is 20.5 Å². The molecule has 1 aromatic rings. The lowest BCUT2D eigenvalue weighted by molar-refractivity contribution is -0.0498. The molecule has 0 spiro atoms. The van der Waals surface area contributed by atoms with Crippen molar-refractivity contribution in [2.75, 3.05) is 19.8 Å². The first kappa shape index (κ1) is 18.5. The number of nitrogens with zero attached hydrogens (tertiary/aromatic N) is 1. The van der Waals surface area contributed by atoms with Gasteiger partial charge in [0.05, 0.1) is 0 Å². The molecule has 4 nitrogen and oxygen atoms in total. The molecule has 0 unspecified atom stereocenters. The SMILES string of the molecule is CN=C(NCc1cccc(OC(F)F)c1)NCC(C)(C)SC. The number of nitrogens with one attached hydrogen (secondary N) is 2. The molecular formula is C15H23F2N3OS. The third-order valence-corrected chi connectivity index (χ3v) is 4.29. The van der Waals surface area contributed by atoms with Gasteiger partial charge in [0.25, 0.3) is 0 Å². The number of halogens is 2. The summed E-state index contributed by atoms with van der Waals surface area (Å²) in [6.45, 7) is 2.71. The second-order valence-electron chi connectivity index (χ2n) is 5.27. The Morgan fingerprint density at radius 1 is 1.36 bits per heavy atom. The van der Waals surface area contributed by atoms with E-state index in [1.54, 1.807) is 30.9 Å². The molecule has 0 aromatic heterocycles. The number of rotatable bonds is 7. The van der Waals surface area contributed by atoms with E-state index >= 15 is 0 Å². The van der Waals surface area contributed by atoms with E-state index in [1.807, 2.05) is 6.07 Å². The molecule has 0 aliphatic heterocycles. The molecule has 0 fully saturated rings. The molecule has 1 aromatic carbocycles. The minimum atomic E-state index is -2.81. The molecule has 0 saturated heterocycles. The first-order valence-corrected chi connectivity index (χ1v) is 8.12. The van der Waals surface area contributed by atoms with Gasteiger partial charge in [-0.05, 0) is 37.8 Å². The Kier molecular flexibility index (Phi) is 7.44. The summed E-state index contributed by atoms with van der Waals surface area (Å²) in [7, 11) is 1.69. The van der Waals surface area contributed by atoms with Crippen molar-refractivity contribution in [3.05, 3.63) is 29.8 Å². The topological polar surface area (TPSA) is 45.7 Å². The average Bonchev–Trinajstić information content (AvgIpc) is 2.47. The maximum Gasteiger partial charge on any atom is 0.387 e. The number of hydrogen-bond donors (Lipinski definition) is 2. The minimum Gasteiger partial charge on any atom is -0.435 e. The number of ether oxygens (including phenoxy) is 1. The molecule has 7 heteroatoms. The highest BCUT2D eigenvalue weighted by molar-refractivity contribution is 7.99. The molecule has 0 heterocycles. The Morgan fingerprint density at radius 2 is 2.09 bits per heavy atom. The van der Waals surface area contributed by atoms with Crippen LogP contribution in [0.2, 0.25) is 0 Å². The maximum absolute atomic E-state index is 12.2. The molecule has 0 radical (unpaired) electrons. The van der Waals surface area contributed by atoms with Crippen LogP contribution in [0.15, 0.2) is 29.3 Å². The molecular weight excluding hydrogens is 308 g/mol. The zero-order chi connectivity index (χ0) is 16.6. The molecule has 0 aliphatic rings. The summed E-state index contributed by atoms with van der Waals surface area (Å²) in [6, 6.07) is 6.61. The standard InChI is InChI=1S/C15H23F2N3OS/c1-15(2,22-4)10-20-14(18-3)19-9-11-6-5-7-12(8-11)21-13(16)17/h5-8,13H,9-10H2,1-4H3,(H2,18,19,20). The van der Waals surface area contributed by atoms with Crippen LogP contribution in [0.25, 0.3) is 0 Å². The van der Waals surface area contributed by atoms with E-state index in [1.165, 1.54) is 6.07 Å². The van der Waals surface area contributed by atoms with E-state index in [2.05, 4.69) is 40.5 Å². The minimum absolute atomic E-state index is 0.0998. The summed E-state index contributed by atoms with van der Waals surface area (Å²) in [6.07, 6.45) is 2.06. The molecule has 0 bridgehead atoms. The van der Waals surface area contributed by atoms with Crippen molar-refractivity contribution in [2.24, 2.45) is 4.99 Å². The van der Waals surface area contributed by atoms with Crippen LogP contribution in [-0.2, 0) is 6.54 Å². The third-order valence-electron chi connectivity index (χ3n) is 3.04. The second kappa shape index (κ2) is 8.82. The lowest BCUT2D eigenvalue weighted by Gasteiger charge is -2.23. The maximum atomic E-state index is 12.2. The summed E-state index contributed by atoms with van der Waals surface area (Å²) in [5, 5.41) is 6.39. The van der Waals surface area contributed by atoms with Gasteiger partial charge < -0.3 is 15.4 Å². The Labute approximate surface area is 134 Å². The molecule has 0 aliphatic carbocycles. The van der Waals surface area contributed by atoms with Gasteiger partial charge in [-0.3, -0.25) is 4.99 Å². The van der Waals surface area contributed by atoms with Crippen molar-refractivity contribution in [3.63, 3.8) is 0 Å². The van der Waals surface area contributed by atoms with Crippen molar-refractivity contribution in [1.82, 2.24) is 10.6 Å². The zero-order valence-electron chi connectivity index (χ0n) is 13.3. The monoisotopic (exact) mass is 331 g/mol. The number of alkyl halides is 2. The lowest BCUT2D eigenvalue weighted by atomic mass is 10.2. The summed E-state index contributed by atoms with van der Waals surface area (Å²) in [5.74, 6) is 0.822. The van der Waals surface area contributed by atoms with Gasteiger partial charge in [-0.15, -0.1) is 0 Å². The predicted molar refractivity (Wildman–Crippen MR) is 88.9 cm³/mol. The van der Waals surface area contributed by atoms with Crippen molar-refractivity contribution < 1.29 is 13.5 Å². The zero-order valence-corrected chi connectivity index (χ0v) is 14.1. The smallest absolute Gasteiger partial charge is 0.387 e. The van der Waals surface area contributed by atoms with Crippen LogP contribution in [0.3, 0.4) is 0 Å². The van der Waals surface area contributed by atoms with E-state index in [-0.39, 0.29) is 10.5 Å². The summed E-state index contributed by atoms with van der Waals surface area (Å²) >= 11 is 1.77. The first-order valence-electron chi connectivity index (χ1n) is 6.90. The lowest BCUT2D eigenvalue weighted by Crippen LogP contribution is -2.42. The fraction of sp³-hybridized carbons (Fsp3) is 0.533. The van der Waals surface area contributed by atoms with Crippen molar-refractivity contribution in [3.8, 4) is 5.75 Å². The number of guanidine groups is 1. The Hall–Kier alpha value is -1.50. The second-order valence-corrected chi connectivity index (χ2v) is 6.78. The van der Waals surface area contributed by atoms with Gasteiger partial charge in [0, 0.05) is 24.9 Å². The van der Waals surface area contributed by atoms with Crippen molar-refractivity contribution in [2.45, 2.75) is 31.8 Å². The number of hydrogen-bond acceptors (Lipinski definition) is 3. The average molecular weight is 331 g/mol. The van der Waals surface area contributed by atoms with E-state index in [9.17, 15) is 8.78 Å². The fourth-order valence-corrected chi connectivity index (χ4v) is 1.82. The quantitative estimate of drug-likeness (QED) is 0.595. The van der Waals surface area contributed by atoms with E-state index in [0.717, 1.165) is 12.1 Å². The van der Waals surface area contributed by atoms with Gasteiger partial charge in [0.2, 0.25) is 0 Å². The molecule has 0 atom stereocenters. The first-order chi connectivity index (χ1) is 10.4. The third kappa shape index (κ3) is 6.98. The van der Waals surface area contributed by atoms with Crippen LogP contribution >= 0.6 is 11.8 Å². The van der Waals surface area contributed by atoms with Crippen LogP contribution in [-0.4, -0.2) is 37.2 Å². The van der Waals surface area contributed by atoms with Gasteiger partial charge in [0.1, 0.15) is 5.75 Å². The number of aliphatic imine (C=N–C) groups is 1. The van der Waals surface area contributed by atoms with E-state index < -0.39 is 6.61 Å². The molecule has 2 N–H and O–H groups in total. The fourth-order valence-electron chi connectivity index (χ4n) is 1.61. The van der Waals surface area contributed by atoms with Crippen LogP contribution in [0.1, 0.15) is 19.4 Å². The van der Waals surface area contributed by atoms with Gasteiger partial charge in [-0.25, -0.2) is 0 Å². The van der Waals surface area contributed by atoms with Crippen molar-refractivity contribution >= 4 is 17.7 Å². The summed E-state index contributed by atoms with van der Waals surface area (Å²) in [5.41, 5.74) is 0.838. The predicted octanol–water partition coefficient (Wildman–Crippen LogP) is 3.09. The van der Waals surface area contributed by atoms with Crippen LogP contribution in [0.4, 0.5) is 8.78 Å². The van der Waals surface area contributed by atoms with Gasteiger partial charge in [-0.1, -0.05) is 12.1 Å². The van der Waals surface area contributed by atoms with Gasteiger partial charge >= 0.3 is 6.61 Å². The van der Waals surface area contributed by atoms with Gasteiger partial charge in [0.15, 0.2) is 5.96 Å².